The van der Waals surface area contributed by atoms with Gasteiger partial charge >= 0.3 is 5.97 Å². The summed E-state index contributed by atoms with van der Waals surface area (Å²) >= 11 is 0. The van der Waals surface area contributed by atoms with Crippen LogP contribution in [0.25, 0.3) is 0 Å². The fraction of sp³-hybridized carbons (Fsp3) is 0.938. The first kappa shape index (κ1) is 18.4. The zero-order valence-corrected chi connectivity index (χ0v) is 14.2. The first-order chi connectivity index (χ1) is 9.92. The van der Waals surface area contributed by atoms with Crippen LogP contribution in [0.3, 0.4) is 0 Å². The maximum Gasteiger partial charge on any atom is 0.323 e. The van der Waals surface area contributed by atoms with Gasteiger partial charge in [-0.1, -0.05) is 13.8 Å². The molecule has 1 saturated heterocycles. The van der Waals surface area contributed by atoms with Crippen LogP contribution in [-0.2, 0) is 4.79 Å². The highest BCUT2D eigenvalue weighted by atomic mass is 16.4. The van der Waals surface area contributed by atoms with Crippen molar-refractivity contribution in [1.29, 1.82) is 0 Å². The highest BCUT2D eigenvalue weighted by Gasteiger charge is 2.33. The predicted molar refractivity (Wildman–Crippen MR) is 86.7 cm³/mol. The van der Waals surface area contributed by atoms with Gasteiger partial charge in [0.1, 0.15) is 5.54 Å². The number of carboxylic acids is 1. The van der Waals surface area contributed by atoms with Crippen molar-refractivity contribution in [1.82, 2.24) is 15.1 Å². The van der Waals surface area contributed by atoms with E-state index in [1.54, 1.807) is 0 Å². The van der Waals surface area contributed by atoms with Gasteiger partial charge in [0.15, 0.2) is 0 Å². The van der Waals surface area contributed by atoms with Crippen LogP contribution in [0.5, 0.6) is 0 Å². The van der Waals surface area contributed by atoms with Crippen LogP contribution in [0.15, 0.2) is 0 Å². The summed E-state index contributed by atoms with van der Waals surface area (Å²) in [6.07, 6.45) is 3.90. The number of likely N-dealkylation sites (N-methyl/N-ethyl adjacent to an activating group) is 1. The van der Waals surface area contributed by atoms with Crippen molar-refractivity contribution in [3.63, 3.8) is 0 Å². The van der Waals surface area contributed by atoms with E-state index in [4.69, 9.17) is 0 Å². The second-order valence-corrected chi connectivity index (χ2v) is 6.53. The Morgan fingerprint density at radius 1 is 1.38 bits per heavy atom. The number of hydrogen-bond donors (Lipinski definition) is 2. The first-order valence-corrected chi connectivity index (χ1v) is 8.34. The third-order valence-corrected chi connectivity index (χ3v) is 4.63. The fourth-order valence-electron chi connectivity index (χ4n) is 3.01. The lowest BCUT2D eigenvalue weighted by Gasteiger charge is -2.34. The van der Waals surface area contributed by atoms with Crippen LogP contribution >= 0.6 is 0 Å². The summed E-state index contributed by atoms with van der Waals surface area (Å²) in [4.78, 5) is 16.5. The molecule has 124 valence electrons. The van der Waals surface area contributed by atoms with E-state index in [2.05, 4.69) is 36.0 Å². The summed E-state index contributed by atoms with van der Waals surface area (Å²) in [7, 11) is 2.18. The van der Waals surface area contributed by atoms with Gasteiger partial charge in [0.25, 0.3) is 0 Å². The van der Waals surface area contributed by atoms with Gasteiger partial charge in [-0.25, -0.2) is 0 Å². The number of aliphatic carboxylic acids is 1. The van der Waals surface area contributed by atoms with E-state index in [0.29, 0.717) is 12.5 Å². The Morgan fingerprint density at radius 3 is 2.67 bits per heavy atom. The zero-order valence-electron chi connectivity index (χ0n) is 14.2. The Labute approximate surface area is 129 Å². The summed E-state index contributed by atoms with van der Waals surface area (Å²) in [6, 6.07) is 0.543. The number of rotatable bonds is 8. The van der Waals surface area contributed by atoms with Crippen molar-refractivity contribution in [2.45, 2.75) is 58.0 Å². The molecule has 2 atom stereocenters. The minimum absolute atomic E-state index is 0.543. The Kier molecular flexibility index (Phi) is 7.63. The minimum Gasteiger partial charge on any atom is -0.480 e. The Hall–Kier alpha value is -0.650. The summed E-state index contributed by atoms with van der Waals surface area (Å²) in [6.45, 7) is 11.0. The molecule has 1 heterocycles. The van der Waals surface area contributed by atoms with Gasteiger partial charge in [-0.15, -0.1) is 0 Å². The normalized spacial score (nSPS) is 24.5. The molecular formula is C16H33N3O2. The summed E-state index contributed by atoms with van der Waals surface area (Å²) < 4.78 is 0. The fourth-order valence-corrected chi connectivity index (χ4v) is 3.01. The van der Waals surface area contributed by atoms with Crippen LogP contribution in [-0.4, -0.2) is 72.2 Å². The summed E-state index contributed by atoms with van der Waals surface area (Å²) in [5.41, 5.74) is -0.813. The predicted octanol–water partition coefficient (Wildman–Crippen LogP) is 1.64. The monoisotopic (exact) mass is 299 g/mol. The molecule has 1 aliphatic rings. The van der Waals surface area contributed by atoms with Crippen molar-refractivity contribution in [3.05, 3.63) is 0 Å². The Bertz CT molecular complexity index is 325. The molecule has 0 aromatic rings. The van der Waals surface area contributed by atoms with Gasteiger partial charge in [-0.2, -0.15) is 0 Å². The standard InChI is InChI=1S/C16H33N3O2/c1-5-9-17-16(3,15(20)21)8-12-19-11-7-10-18(4)13-14(19)6-2/h14,17H,5-13H2,1-4H3,(H,20,21). The van der Waals surface area contributed by atoms with Crippen molar-refractivity contribution >= 4 is 5.97 Å². The lowest BCUT2D eigenvalue weighted by Crippen LogP contribution is -2.52. The van der Waals surface area contributed by atoms with Gasteiger partial charge in [0, 0.05) is 19.1 Å². The summed E-state index contributed by atoms with van der Waals surface area (Å²) in [5.74, 6) is -0.740. The quantitative estimate of drug-likeness (QED) is 0.713. The molecule has 0 aromatic carbocycles. The molecule has 0 bridgehead atoms. The smallest absolute Gasteiger partial charge is 0.323 e. The number of hydrogen-bond acceptors (Lipinski definition) is 4. The van der Waals surface area contributed by atoms with Crippen LogP contribution in [0, 0.1) is 0 Å². The molecule has 0 aliphatic carbocycles. The van der Waals surface area contributed by atoms with E-state index in [1.165, 1.54) is 6.42 Å². The average molecular weight is 299 g/mol. The molecule has 5 nitrogen and oxygen atoms in total. The minimum atomic E-state index is -0.813. The van der Waals surface area contributed by atoms with E-state index < -0.39 is 11.5 Å². The molecule has 5 heteroatoms. The molecule has 0 saturated carbocycles. The van der Waals surface area contributed by atoms with Gasteiger partial charge < -0.3 is 15.3 Å². The highest BCUT2D eigenvalue weighted by molar-refractivity contribution is 5.78. The number of carboxylic acid groups (broad SMARTS) is 1. The molecular weight excluding hydrogens is 266 g/mol. The third-order valence-electron chi connectivity index (χ3n) is 4.63. The Morgan fingerprint density at radius 2 is 2.10 bits per heavy atom. The van der Waals surface area contributed by atoms with E-state index in [9.17, 15) is 9.90 Å². The molecule has 1 aliphatic heterocycles. The largest absolute Gasteiger partial charge is 0.480 e. The molecule has 0 amide bonds. The van der Waals surface area contributed by atoms with E-state index in [1.807, 2.05) is 6.92 Å². The lowest BCUT2D eigenvalue weighted by molar-refractivity contribution is -0.144. The van der Waals surface area contributed by atoms with Crippen molar-refractivity contribution in [2.24, 2.45) is 0 Å². The van der Waals surface area contributed by atoms with Gasteiger partial charge in [0.05, 0.1) is 0 Å². The van der Waals surface area contributed by atoms with E-state index in [-0.39, 0.29) is 0 Å². The second-order valence-electron chi connectivity index (χ2n) is 6.53. The van der Waals surface area contributed by atoms with Crippen molar-refractivity contribution in [2.75, 3.05) is 39.8 Å². The molecule has 2 N–H and O–H groups in total. The third kappa shape index (κ3) is 5.57. The molecule has 0 radical (unpaired) electrons. The maximum absolute atomic E-state index is 11.6. The summed E-state index contributed by atoms with van der Waals surface area (Å²) in [5, 5.41) is 12.7. The molecule has 0 spiro atoms. The lowest BCUT2D eigenvalue weighted by atomic mass is 9.96. The highest BCUT2D eigenvalue weighted by Crippen LogP contribution is 2.17. The maximum atomic E-state index is 11.6. The van der Waals surface area contributed by atoms with Crippen molar-refractivity contribution < 1.29 is 9.90 Å². The average Bonchev–Trinajstić information content (AvgIpc) is 2.63. The van der Waals surface area contributed by atoms with E-state index >= 15 is 0 Å². The topological polar surface area (TPSA) is 55.8 Å². The molecule has 1 fully saturated rings. The number of carbonyl (C=O) groups is 1. The van der Waals surface area contributed by atoms with E-state index in [0.717, 1.165) is 45.6 Å². The van der Waals surface area contributed by atoms with Crippen LogP contribution in [0.4, 0.5) is 0 Å². The molecule has 0 aromatic heterocycles. The van der Waals surface area contributed by atoms with Gasteiger partial charge in [0.2, 0.25) is 0 Å². The van der Waals surface area contributed by atoms with Crippen LogP contribution in [0.2, 0.25) is 0 Å². The first-order valence-electron chi connectivity index (χ1n) is 8.34. The van der Waals surface area contributed by atoms with Crippen LogP contribution in [0.1, 0.15) is 46.5 Å². The molecule has 21 heavy (non-hydrogen) atoms. The van der Waals surface area contributed by atoms with Gasteiger partial charge in [-0.05, 0) is 59.3 Å². The number of nitrogens with zero attached hydrogens (tertiary/aromatic N) is 2. The van der Waals surface area contributed by atoms with Crippen molar-refractivity contribution in [3.8, 4) is 0 Å². The molecule has 1 rings (SSSR count). The second kappa shape index (κ2) is 8.71. The van der Waals surface area contributed by atoms with Crippen LogP contribution < -0.4 is 5.32 Å². The SMILES string of the molecule is CCCNC(C)(CCN1CCCN(C)CC1CC)C(=O)O. The molecule has 2 unspecified atom stereocenters. The number of nitrogens with one attached hydrogen (secondary N) is 1. The Balaban J connectivity index is 2.62. The zero-order chi connectivity index (χ0) is 15.9. The van der Waals surface area contributed by atoms with Gasteiger partial charge in [-0.3, -0.25) is 9.69 Å².